The van der Waals surface area contributed by atoms with E-state index in [9.17, 15) is 4.79 Å². The molecule has 1 aromatic carbocycles. The number of nitrogens with one attached hydrogen (secondary N) is 1. The molecule has 166 valence electrons. The Hall–Kier alpha value is -2.87. The number of nitrogens with zero attached hydrogens (tertiary/aromatic N) is 5. The van der Waals surface area contributed by atoms with Gasteiger partial charge in [-0.05, 0) is 43.0 Å². The zero-order chi connectivity index (χ0) is 23.2. The molecule has 8 heteroatoms. The highest BCUT2D eigenvalue weighted by Crippen LogP contribution is 2.27. The van der Waals surface area contributed by atoms with Gasteiger partial charge >= 0.3 is 0 Å². The van der Waals surface area contributed by atoms with E-state index in [4.69, 9.17) is 0 Å². The molecular weight excluding hydrogens is 408 g/mol. The van der Waals surface area contributed by atoms with Crippen LogP contribution < -0.4 is 5.32 Å². The van der Waals surface area contributed by atoms with Crippen LogP contribution in [0.1, 0.15) is 78.5 Å². The molecule has 0 aliphatic heterocycles. The van der Waals surface area contributed by atoms with Crippen LogP contribution in [0.3, 0.4) is 0 Å². The second-order valence-corrected chi connectivity index (χ2v) is 9.37. The van der Waals surface area contributed by atoms with E-state index in [0.717, 1.165) is 33.8 Å². The molecule has 2 aromatic rings. The first kappa shape index (κ1) is 24.4. The fourth-order valence-electron chi connectivity index (χ4n) is 2.99. The van der Waals surface area contributed by atoms with Gasteiger partial charge in [0, 0.05) is 24.9 Å². The first-order chi connectivity index (χ1) is 14.6. The highest BCUT2D eigenvalue weighted by molar-refractivity contribution is 7.13. The van der Waals surface area contributed by atoms with Gasteiger partial charge in [-0.3, -0.25) is 4.79 Å². The number of rotatable bonds is 8. The fourth-order valence-corrected chi connectivity index (χ4v) is 3.87. The minimum Gasteiger partial charge on any atom is -0.345 e. The molecule has 0 bridgehead atoms. The summed E-state index contributed by atoms with van der Waals surface area (Å²) in [5, 5.41) is 13.1. The Labute approximate surface area is 189 Å². The van der Waals surface area contributed by atoms with Gasteiger partial charge in [-0.1, -0.05) is 39.8 Å². The van der Waals surface area contributed by atoms with E-state index in [2.05, 4.69) is 66.0 Å². The molecule has 2 rings (SSSR count). The Balaban J connectivity index is 2.15. The molecular formula is C23H32N6OS. The quantitative estimate of drug-likeness (QED) is 0.359. The predicted molar refractivity (Wildman–Crippen MR) is 131 cm³/mol. The molecule has 0 saturated carbocycles. The smallest absolute Gasteiger partial charge is 0.263 e. The number of hydrogen-bond acceptors (Lipinski definition) is 6. The lowest BCUT2D eigenvalue weighted by atomic mass is 9.97. The van der Waals surface area contributed by atoms with Crippen LogP contribution in [0.5, 0.6) is 0 Å². The predicted octanol–water partition coefficient (Wildman–Crippen LogP) is 4.93. The molecule has 0 aliphatic carbocycles. The zero-order valence-electron chi connectivity index (χ0n) is 19.4. The van der Waals surface area contributed by atoms with Crippen LogP contribution >= 0.6 is 11.3 Å². The van der Waals surface area contributed by atoms with Crippen LogP contribution in [-0.2, 0) is 5.41 Å². The summed E-state index contributed by atoms with van der Waals surface area (Å²) in [5.41, 5.74) is 4.04. The molecule has 1 amide bonds. The first-order valence-corrected chi connectivity index (χ1v) is 11.1. The van der Waals surface area contributed by atoms with Crippen LogP contribution in [0.2, 0.25) is 0 Å². The van der Waals surface area contributed by atoms with E-state index in [1.807, 2.05) is 26.0 Å². The highest BCUT2D eigenvalue weighted by Gasteiger charge is 2.21. The number of carbonyl (C=O) groups is 1. The maximum atomic E-state index is 12.7. The van der Waals surface area contributed by atoms with Crippen molar-refractivity contribution in [1.82, 2.24) is 15.4 Å². The van der Waals surface area contributed by atoms with E-state index < -0.39 is 0 Å². The van der Waals surface area contributed by atoms with Crippen molar-refractivity contribution in [3.8, 4) is 0 Å². The second kappa shape index (κ2) is 10.4. The number of aryl methyl sites for hydroxylation is 1. The lowest BCUT2D eigenvalue weighted by molar-refractivity contribution is 0.0943. The average Bonchev–Trinajstić information content (AvgIpc) is 3.21. The number of benzene rings is 1. The zero-order valence-corrected chi connectivity index (χ0v) is 20.2. The van der Waals surface area contributed by atoms with E-state index in [1.54, 1.807) is 13.2 Å². The molecule has 1 unspecified atom stereocenters. The average molecular weight is 441 g/mol. The van der Waals surface area contributed by atoms with E-state index in [-0.39, 0.29) is 17.4 Å². The lowest BCUT2D eigenvalue weighted by Gasteiger charge is -2.17. The third-order valence-electron chi connectivity index (χ3n) is 4.76. The maximum Gasteiger partial charge on any atom is 0.263 e. The van der Waals surface area contributed by atoms with Crippen molar-refractivity contribution in [3.63, 3.8) is 0 Å². The molecule has 0 spiro atoms. The molecule has 7 nitrogen and oxygen atoms in total. The van der Waals surface area contributed by atoms with Crippen LogP contribution in [0.25, 0.3) is 0 Å². The van der Waals surface area contributed by atoms with Gasteiger partial charge in [0.05, 0.1) is 17.2 Å². The van der Waals surface area contributed by atoms with Gasteiger partial charge in [0.2, 0.25) is 0 Å². The molecule has 1 aromatic heterocycles. The molecule has 0 aliphatic rings. The highest BCUT2D eigenvalue weighted by atomic mass is 32.1. The van der Waals surface area contributed by atoms with E-state index >= 15 is 0 Å². The lowest BCUT2D eigenvalue weighted by Crippen LogP contribution is -2.26. The van der Waals surface area contributed by atoms with Gasteiger partial charge in [-0.2, -0.15) is 10.2 Å². The minimum atomic E-state index is -0.127. The van der Waals surface area contributed by atoms with Crippen molar-refractivity contribution >= 4 is 36.0 Å². The summed E-state index contributed by atoms with van der Waals surface area (Å²) in [6, 6.07) is 6.04. The number of aromatic nitrogens is 1. The molecule has 0 radical (unpaired) electrons. The molecule has 31 heavy (non-hydrogen) atoms. The Morgan fingerprint density at radius 3 is 2.65 bits per heavy atom. The largest absolute Gasteiger partial charge is 0.345 e. The summed E-state index contributed by atoms with van der Waals surface area (Å²) in [6.45, 7) is 15.8. The minimum absolute atomic E-state index is 0.0674. The third-order valence-corrected chi connectivity index (χ3v) is 6.18. The Kier molecular flexibility index (Phi) is 8.21. The number of hydrazone groups is 2. The van der Waals surface area contributed by atoms with Crippen molar-refractivity contribution < 1.29 is 4.79 Å². The van der Waals surface area contributed by atoms with Crippen molar-refractivity contribution in [2.24, 2.45) is 15.2 Å². The van der Waals surface area contributed by atoms with Gasteiger partial charge in [0.25, 0.3) is 5.91 Å². The number of carbonyl (C=O) groups excluding carboxylic acids is 1. The Bertz CT molecular complexity index is 986. The first-order valence-electron chi connectivity index (χ1n) is 10.2. The van der Waals surface area contributed by atoms with Gasteiger partial charge in [0.15, 0.2) is 0 Å². The summed E-state index contributed by atoms with van der Waals surface area (Å²) in [5.74, 6) is -0.101. The molecule has 1 atom stereocenters. The Morgan fingerprint density at radius 1 is 1.39 bits per heavy atom. The summed E-state index contributed by atoms with van der Waals surface area (Å²) >= 11 is 1.44. The van der Waals surface area contributed by atoms with Gasteiger partial charge < -0.3 is 5.32 Å². The number of thiazole rings is 1. The molecule has 1 N–H and O–H groups in total. The van der Waals surface area contributed by atoms with Crippen molar-refractivity contribution in [2.75, 3.05) is 7.05 Å². The molecule has 0 fully saturated rings. The number of amides is 1. The Morgan fingerprint density at radius 2 is 2.10 bits per heavy atom. The summed E-state index contributed by atoms with van der Waals surface area (Å²) in [4.78, 5) is 22.2. The van der Waals surface area contributed by atoms with Crippen molar-refractivity contribution in [2.45, 2.75) is 59.4 Å². The van der Waals surface area contributed by atoms with Crippen LogP contribution in [0, 0.1) is 6.92 Å². The van der Waals surface area contributed by atoms with E-state index in [0.29, 0.717) is 4.88 Å². The van der Waals surface area contributed by atoms with E-state index in [1.165, 1.54) is 22.8 Å². The normalized spacial score (nSPS) is 13.3. The topological polar surface area (TPSA) is 82.3 Å². The van der Waals surface area contributed by atoms with Gasteiger partial charge in [-0.25, -0.2) is 9.98 Å². The molecule has 0 saturated heterocycles. The summed E-state index contributed by atoms with van der Waals surface area (Å²) in [7, 11) is 1.69. The van der Waals surface area contributed by atoms with Crippen LogP contribution in [-0.4, -0.2) is 41.8 Å². The standard InChI is InChI=1S/C23H32N6OS/c1-9-19(26-14-27-29(8)24-7)17-10-11-18(15(2)12-17)16(3)28-21(30)20-13-25-22(31-20)23(4,5)6/h10-14,16H,7,9H2,1-6,8H3,(H,28,30)/b26-19+,27-14?. The van der Waals surface area contributed by atoms with Crippen molar-refractivity contribution in [3.05, 3.63) is 51.0 Å². The van der Waals surface area contributed by atoms with Gasteiger partial charge in [-0.15, -0.1) is 16.4 Å². The number of aliphatic imine (C=N–C) groups is 1. The fraction of sp³-hybridized carbons (Fsp3) is 0.435. The SMILES string of the molecule is C=NN(C)N=C/N=C(\CC)c1ccc(C(C)NC(=O)c2cnc(C(C)(C)C)s2)c(C)c1. The maximum absolute atomic E-state index is 12.7. The van der Waals surface area contributed by atoms with Crippen LogP contribution in [0.4, 0.5) is 0 Å². The summed E-state index contributed by atoms with van der Waals surface area (Å²) < 4.78 is 0. The van der Waals surface area contributed by atoms with Crippen molar-refractivity contribution in [1.29, 1.82) is 0 Å². The second-order valence-electron chi connectivity index (χ2n) is 8.34. The monoisotopic (exact) mass is 440 g/mol. The van der Waals surface area contributed by atoms with Gasteiger partial charge in [0.1, 0.15) is 11.2 Å². The molecule has 1 heterocycles. The third kappa shape index (κ3) is 6.55. The van der Waals surface area contributed by atoms with Crippen LogP contribution in [0.15, 0.2) is 39.6 Å². The summed E-state index contributed by atoms with van der Waals surface area (Å²) in [6.07, 6.45) is 3.90. The number of hydrogen-bond donors (Lipinski definition) is 1.